The molecule has 0 spiro atoms. The van der Waals surface area contributed by atoms with Crippen molar-refractivity contribution >= 4 is 17.4 Å². The number of hydrogen-bond acceptors (Lipinski definition) is 4. The van der Waals surface area contributed by atoms with E-state index in [1.54, 1.807) is 6.20 Å². The molecule has 0 radical (unpaired) electrons. The second-order valence-electron chi connectivity index (χ2n) is 4.65. The van der Waals surface area contributed by atoms with Gasteiger partial charge in [-0.3, -0.25) is 0 Å². The van der Waals surface area contributed by atoms with Crippen LogP contribution in [0.4, 0.5) is 5.82 Å². The van der Waals surface area contributed by atoms with Crippen LogP contribution in [0.3, 0.4) is 0 Å². The molecule has 2 N–H and O–H groups in total. The fourth-order valence-corrected chi connectivity index (χ4v) is 2.93. The van der Waals surface area contributed by atoms with Crippen LogP contribution in [-0.2, 0) is 0 Å². The van der Waals surface area contributed by atoms with Crippen molar-refractivity contribution in [1.82, 2.24) is 9.97 Å². The van der Waals surface area contributed by atoms with Gasteiger partial charge >= 0.3 is 0 Å². The normalized spacial score (nSPS) is 24.6. The summed E-state index contributed by atoms with van der Waals surface area (Å²) in [6.45, 7) is 0.734. The summed E-state index contributed by atoms with van der Waals surface area (Å²) < 4.78 is 0. The van der Waals surface area contributed by atoms with Crippen LogP contribution >= 0.6 is 11.6 Å². The molecular weight excluding hydrogens is 236 g/mol. The largest absolute Gasteiger partial charge is 0.355 e. The molecular formula is C12H19ClN4. The van der Waals surface area contributed by atoms with Gasteiger partial charge in [-0.2, -0.15) is 0 Å². The van der Waals surface area contributed by atoms with Crippen molar-refractivity contribution in [2.24, 2.45) is 11.7 Å². The van der Waals surface area contributed by atoms with Crippen LogP contribution in [-0.4, -0.2) is 29.6 Å². The van der Waals surface area contributed by atoms with Gasteiger partial charge in [-0.1, -0.05) is 24.4 Å². The lowest BCUT2D eigenvalue weighted by Crippen LogP contribution is -2.43. The van der Waals surface area contributed by atoms with Crippen LogP contribution in [0, 0.1) is 5.92 Å². The highest BCUT2D eigenvalue weighted by Gasteiger charge is 2.28. The lowest BCUT2D eigenvalue weighted by molar-refractivity contribution is 0.305. The van der Waals surface area contributed by atoms with E-state index >= 15 is 0 Å². The molecule has 1 aromatic heterocycles. The minimum absolute atomic E-state index is 0.446. The average molecular weight is 255 g/mol. The summed E-state index contributed by atoms with van der Waals surface area (Å²) in [4.78, 5) is 10.3. The summed E-state index contributed by atoms with van der Waals surface area (Å²) in [6, 6.07) is 0.446. The third kappa shape index (κ3) is 2.69. The molecule has 1 aliphatic carbocycles. The van der Waals surface area contributed by atoms with E-state index in [2.05, 4.69) is 14.9 Å². The van der Waals surface area contributed by atoms with Gasteiger partial charge in [-0.25, -0.2) is 9.97 Å². The van der Waals surface area contributed by atoms with Crippen LogP contribution in [0.2, 0.25) is 5.02 Å². The van der Waals surface area contributed by atoms with Crippen molar-refractivity contribution in [3.63, 3.8) is 0 Å². The molecule has 94 valence electrons. The SMILES string of the molecule is CN(c1ncncc1Cl)C1CCCCC1CN. The predicted molar refractivity (Wildman–Crippen MR) is 70.2 cm³/mol. The maximum atomic E-state index is 6.13. The van der Waals surface area contributed by atoms with Gasteiger partial charge in [-0.05, 0) is 25.3 Å². The molecule has 2 unspecified atom stereocenters. The Morgan fingerprint density at radius 3 is 2.94 bits per heavy atom. The van der Waals surface area contributed by atoms with E-state index in [-0.39, 0.29) is 0 Å². The molecule has 17 heavy (non-hydrogen) atoms. The number of aromatic nitrogens is 2. The summed E-state index contributed by atoms with van der Waals surface area (Å²) in [5, 5.41) is 0.608. The topological polar surface area (TPSA) is 55.0 Å². The van der Waals surface area contributed by atoms with Gasteiger partial charge in [0, 0.05) is 13.1 Å². The zero-order valence-corrected chi connectivity index (χ0v) is 10.9. The highest BCUT2D eigenvalue weighted by molar-refractivity contribution is 6.32. The molecule has 0 amide bonds. The smallest absolute Gasteiger partial charge is 0.150 e. The molecule has 5 heteroatoms. The molecule has 0 bridgehead atoms. The third-order valence-corrected chi connectivity index (χ3v) is 3.92. The van der Waals surface area contributed by atoms with Gasteiger partial charge in [0.15, 0.2) is 5.82 Å². The minimum Gasteiger partial charge on any atom is -0.355 e. The first kappa shape index (κ1) is 12.6. The van der Waals surface area contributed by atoms with Crippen molar-refractivity contribution in [1.29, 1.82) is 0 Å². The average Bonchev–Trinajstić information content (AvgIpc) is 2.38. The van der Waals surface area contributed by atoms with Crippen LogP contribution in [0.5, 0.6) is 0 Å². The van der Waals surface area contributed by atoms with Crippen LogP contribution in [0.1, 0.15) is 25.7 Å². The van der Waals surface area contributed by atoms with E-state index in [0.29, 0.717) is 17.0 Å². The number of halogens is 1. The standard InChI is InChI=1S/C12H19ClN4/c1-17(12-10(13)7-15-8-16-12)11-5-3-2-4-9(11)6-14/h7-9,11H,2-6,14H2,1H3. The Morgan fingerprint density at radius 1 is 1.47 bits per heavy atom. The summed E-state index contributed by atoms with van der Waals surface area (Å²) in [7, 11) is 2.05. The minimum atomic E-state index is 0.446. The zero-order valence-electron chi connectivity index (χ0n) is 10.1. The lowest BCUT2D eigenvalue weighted by atomic mass is 9.84. The first-order valence-electron chi connectivity index (χ1n) is 6.12. The summed E-state index contributed by atoms with van der Waals surface area (Å²) in [5.41, 5.74) is 5.86. The van der Waals surface area contributed by atoms with Crippen molar-refractivity contribution in [3.8, 4) is 0 Å². The highest BCUT2D eigenvalue weighted by Crippen LogP contribution is 2.31. The Morgan fingerprint density at radius 2 is 2.24 bits per heavy atom. The number of nitrogens with zero attached hydrogens (tertiary/aromatic N) is 3. The number of anilines is 1. The van der Waals surface area contributed by atoms with Crippen molar-refractivity contribution in [2.45, 2.75) is 31.7 Å². The van der Waals surface area contributed by atoms with Gasteiger partial charge in [0.2, 0.25) is 0 Å². The van der Waals surface area contributed by atoms with Gasteiger partial charge in [0.25, 0.3) is 0 Å². The Balaban J connectivity index is 2.18. The monoisotopic (exact) mass is 254 g/mol. The second-order valence-corrected chi connectivity index (χ2v) is 5.06. The molecule has 0 aromatic carbocycles. The number of nitrogens with two attached hydrogens (primary N) is 1. The van der Waals surface area contributed by atoms with Gasteiger partial charge in [0.1, 0.15) is 11.3 Å². The molecule has 1 saturated carbocycles. The van der Waals surface area contributed by atoms with Crippen molar-refractivity contribution in [2.75, 3.05) is 18.5 Å². The van der Waals surface area contributed by atoms with E-state index in [0.717, 1.165) is 12.4 Å². The maximum absolute atomic E-state index is 6.13. The second kappa shape index (κ2) is 5.65. The Bertz CT molecular complexity index is 371. The van der Waals surface area contributed by atoms with Crippen LogP contribution in [0.15, 0.2) is 12.5 Å². The summed E-state index contributed by atoms with van der Waals surface area (Å²) >= 11 is 6.13. The van der Waals surface area contributed by atoms with Crippen molar-refractivity contribution < 1.29 is 0 Å². The van der Waals surface area contributed by atoms with E-state index < -0.39 is 0 Å². The molecule has 0 saturated heterocycles. The first-order chi connectivity index (χ1) is 8.24. The van der Waals surface area contributed by atoms with E-state index in [4.69, 9.17) is 17.3 Å². The molecule has 2 rings (SSSR count). The molecule has 1 aromatic rings. The van der Waals surface area contributed by atoms with E-state index in [1.807, 2.05) is 7.05 Å². The molecule has 4 nitrogen and oxygen atoms in total. The van der Waals surface area contributed by atoms with E-state index in [1.165, 1.54) is 32.0 Å². The fraction of sp³-hybridized carbons (Fsp3) is 0.667. The Kier molecular flexibility index (Phi) is 4.18. The van der Waals surface area contributed by atoms with Gasteiger partial charge in [-0.15, -0.1) is 0 Å². The third-order valence-electron chi connectivity index (χ3n) is 3.65. The summed E-state index contributed by atoms with van der Waals surface area (Å²) in [5.74, 6) is 1.35. The number of hydrogen-bond donors (Lipinski definition) is 1. The highest BCUT2D eigenvalue weighted by atomic mass is 35.5. The molecule has 0 aliphatic heterocycles. The predicted octanol–water partition coefficient (Wildman–Crippen LogP) is 2.08. The molecule has 1 heterocycles. The zero-order chi connectivity index (χ0) is 12.3. The van der Waals surface area contributed by atoms with Crippen LogP contribution < -0.4 is 10.6 Å². The van der Waals surface area contributed by atoms with Crippen LogP contribution in [0.25, 0.3) is 0 Å². The summed E-state index contributed by atoms with van der Waals surface area (Å²) in [6.07, 6.45) is 8.09. The maximum Gasteiger partial charge on any atom is 0.150 e. The van der Waals surface area contributed by atoms with Gasteiger partial charge in [0.05, 0.1) is 6.20 Å². The van der Waals surface area contributed by atoms with E-state index in [9.17, 15) is 0 Å². The lowest BCUT2D eigenvalue weighted by Gasteiger charge is -2.38. The Labute approximate surface area is 107 Å². The molecule has 1 fully saturated rings. The van der Waals surface area contributed by atoms with Gasteiger partial charge < -0.3 is 10.6 Å². The fourth-order valence-electron chi connectivity index (χ4n) is 2.70. The Hall–Kier alpha value is -0.870. The number of rotatable bonds is 3. The molecule has 2 atom stereocenters. The molecule has 1 aliphatic rings. The quantitative estimate of drug-likeness (QED) is 0.897. The first-order valence-corrected chi connectivity index (χ1v) is 6.50. The van der Waals surface area contributed by atoms with Crippen molar-refractivity contribution in [3.05, 3.63) is 17.5 Å².